The van der Waals surface area contributed by atoms with Crippen LogP contribution < -0.4 is 5.32 Å². The van der Waals surface area contributed by atoms with Gasteiger partial charge in [-0.15, -0.1) is 12.4 Å². The predicted molar refractivity (Wildman–Crippen MR) is 105 cm³/mol. The molecule has 1 aliphatic heterocycles. The van der Waals surface area contributed by atoms with Gasteiger partial charge in [-0.3, -0.25) is 4.98 Å². The normalized spacial score (nSPS) is 13.4. The fourth-order valence-electron chi connectivity index (χ4n) is 3.66. The molecule has 0 saturated heterocycles. The van der Waals surface area contributed by atoms with Gasteiger partial charge in [0.2, 0.25) is 5.82 Å². The number of aryl methyl sites for hydroxylation is 2. The van der Waals surface area contributed by atoms with E-state index in [2.05, 4.69) is 20.4 Å². The van der Waals surface area contributed by atoms with Crippen LogP contribution in [0.1, 0.15) is 22.6 Å². The molecule has 3 aromatic heterocycles. The molecule has 0 unspecified atom stereocenters. The molecule has 0 radical (unpaired) electrons. The number of nitrogens with one attached hydrogen (secondary N) is 1. The topological polar surface area (TPSA) is 77.0 Å². The molecule has 0 saturated carbocycles. The zero-order chi connectivity index (χ0) is 17.7. The number of para-hydroxylation sites is 1. The number of furan rings is 1. The summed E-state index contributed by atoms with van der Waals surface area (Å²) >= 11 is 0. The van der Waals surface area contributed by atoms with E-state index in [1.165, 1.54) is 11.1 Å². The predicted octanol–water partition coefficient (Wildman–Crippen LogP) is 4.23. The molecule has 7 heteroatoms. The van der Waals surface area contributed by atoms with Crippen LogP contribution in [-0.4, -0.2) is 21.7 Å². The van der Waals surface area contributed by atoms with Crippen molar-refractivity contribution in [3.63, 3.8) is 0 Å². The van der Waals surface area contributed by atoms with Crippen LogP contribution in [0.3, 0.4) is 0 Å². The molecule has 0 atom stereocenters. The minimum atomic E-state index is 0. The van der Waals surface area contributed by atoms with Crippen molar-refractivity contribution in [1.82, 2.24) is 20.4 Å². The third-order valence-electron chi connectivity index (χ3n) is 4.88. The molecule has 5 rings (SSSR count). The summed E-state index contributed by atoms with van der Waals surface area (Å²) in [6, 6.07) is 7.93. The summed E-state index contributed by atoms with van der Waals surface area (Å²) in [5.74, 6) is 1.91. The van der Waals surface area contributed by atoms with E-state index < -0.39 is 0 Å². The van der Waals surface area contributed by atoms with Crippen LogP contribution in [0.4, 0.5) is 0 Å². The van der Waals surface area contributed by atoms with Gasteiger partial charge in [-0.2, -0.15) is 4.98 Å². The highest BCUT2D eigenvalue weighted by Gasteiger charge is 2.22. The van der Waals surface area contributed by atoms with Crippen LogP contribution in [0, 0.1) is 13.8 Å². The maximum Gasteiger partial charge on any atom is 0.262 e. The number of pyridine rings is 1. The van der Waals surface area contributed by atoms with E-state index in [0.717, 1.165) is 53.1 Å². The van der Waals surface area contributed by atoms with Crippen molar-refractivity contribution in [2.45, 2.75) is 26.8 Å². The van der Waals surface area contributed by atoms with E-state index >= 15 is 0 Å². The lowest BCUT2D eigenvalue weighted by molar-refractivity contribution is 0.431. The largest absolute Gasteiger partial charge is 0.461 e. The molecule has 0 bridgehead atoms. The Morgan fingerprint density at radius 3 is 2.96 bits per heavy atom. The van der Waals surface area contributed by atoms with Gasteiger partial charge in [0.25, 0.3) is 5.89 Å². The van der Waals surface area contributed by atoms with Gasteiger partial charge >= 0.3 is 0 Å². The molecule has 1 aliphatic rings. The van der Waals surface area contributed by atoms with Crippen molar-refractivity contribution in [2.75, 3.05) is 6.54 Å². The highest BCUT2D eigenvalue weighted by Crippen LogP contribution is 2.33. The number of hydrogen-bond donors (Lipinski definition) is 1. The number of halogens is 1. The summed E-state index contributed by atoms with van der Waals surface area (Å²) in [5, 5.41) is 8.66. The van der Waals surface area contributed by atoms with Crippen molar-refractivity contribution >= 4 is 23.4 Å². The molecule has 1 N–H and O–H groups in total. The Kier molecular flexibility index (Phi) is 4.45. The molecule has 0 aliphatic carbocycles. The zero-order valence-corrected chi connectivity index (χ0v) is 15.9. The molecule has 138 valence electrons. The fraction of sp³-hybridized carbons (Fsp3) is 0.250. The van der Waals surface area contributed by atoms with Crippen molar-refractivity contribution in [2.24, 2.45) is 0 Å². The molecule has 0 amide bonds. The number of benzene rings is 1. The summed E-state index contributed by atoms with van der Waals surface area (Å²) in [6.45, 7) is 5.69. The third kappa shape index (κ3) is 2.91. The van der Waals surface area contributed by atoms with Crippen LogP contribution in [0.15, 0.2) is 39.4 Å². The van der Waals surface area contributed by atoms with E-state index in [-0.39, 0.29) is 12.4 Å². The molecule has 0 spiro atoms. The minimum Gasteiger partial charge on any atom is -0.461 e. The molecular weight excluding hydrogens is 364 g/mol. The number of rotatable bonds is 2. The molecule has 4 aromatic rings. The summed E-state index contributed by atoms with van der Waals surface area (Å²) in [7, 11) is 0. The van der Waals surface area contributed by atoms with Gasteiger partial charge in [0.05, 0.1) is 5.56 Å². The monoisotopic (exact) mass is 382 g/mol. The highest BCUT2D eigenvalue weighted by molar-refractivity contribution is 5.90. The Morgan fingerprint density at radius 1 is 1.19 bits per heavy atom. The second-order valence-electron chi connectivity index (χ2n) is 6.65. The first kappa shape index (κ1) is 17.7. The molecule has 0 fully saturated rings. The average molecular weight is 383 g/mol. The maximum absolute atomic E-state index is 5.83. The fourth-order valence-corrected chi connectivity index (χ4v) is 3.66. The van der Waals surface area contributed by atoms with E-state index in [1.807, 2.05) is 44.3 Å². The first-order valence-electron chi connectivity index (χ1n) is 8.72. The van der Waals surface area contributed by atoms with Gasteiger partial charge in [-0.05, 0) is 50.1 Å². The summed E-state index contributed by atoms with van der Waals surface area (Å²) in [5.41, 5.74) is 5.95. The lowest BCUT2D eigenvalue weighted by Gasteiger charge is -2.19. The SMILES string of the molecule is Cc1cc2cccc(-c3nc(-c4c(C)ncc5c4CCNC5)no3)c2o1.Cl. The van der Waals surface area contributed by atoms with Crippen molar-refractivity contribution < 1.29 is 8.94 Å². The number of aromatic nitrogens is 3. The Bertz CT molecular complexity index is 1130. The summed E-state index contributed by atoms with van der Waals surface area (Å²) < 4.78 is 11.4. The van der Waals surface area contributed by atoms with Gasteiger partial charge in [-0.25, -0.2) is 0 Å². The number of nitrogens with zero attached hydrogens (tertiary/aromatic N) is 3. The second kappa shape index (κ2) is 6.79. The number of fused-ring (bicyclic) bond motifs is 2. The minimum absolute atomic E-state index is 0. The summed E-state index contributed by atoms with van der Waals surface area (Å²) in [6.07, 6.45) is 2.87. The standard InChI is InChI=1S/C20H18N4O2.ClH/c1-11-8-13-4-3-5-16(18(13)25-11)20-23-19(24-26-20)17-12(2)22-10-14-9-21-7-6-15(14)17;/h3-5,8,10,21H,6-7,9H2,1-2H3;1H. The third-order valence-corrected chi connectivity index (χ3v) is 4.88. The first-order valence-corrected chi connectivity index (χ1v) is 8.72. The smallest absolute Gasteiger partial charge is 0.262 e. The second-order valence-corrected chi connectivity index (χ2v) is 6.65. The van der Waals surface area contributed by atoms with Gasteiger partial charge < -0.3 is 14.3 Å². The van der Waals surface area contributed by atoms with Gasteiger partial charge in [0.1, 0.15) is 11.3 Å². The molecule has 6 nitrogen and oxygen atoms in total. The summed E-state index contributed by atoms with van der Waals surface area (Å²) in [4.78, 5) is 9.20. The van der Waals surface area contributed by atoms with Crippen LogP contribution in [0.25, 0.3) is 33.8 Å². The van der Waals surface area contributed by atoms with Crippen molar-refractivity contribution in [1.29, 1.82) is 0 Å². The van der Waals surface area contributed by atoms with Gasteiger partial charge in [0.15, 0.2) is 0 Å². The Balaban J connectivity index is 0.00000180. The van der Waals surface area contributed by atoms with Crippen LogP contribution in [0.5, 0.6) is 0 Å². The molecule has 27 heavy (non-hydrogen) atoms. The molecule has 1 aromatic carbocycles. The van der Waals surface area contributed by atoms with Crippen molar-refractivity contribution in [3.05, 3.63) is 53.0 Å². The number of hydrogen-bond acceptors (Lipinski definition) is 6. The lowest BCUT2D eigenvalue weighted by Crippen LogP contribution is -2.24. The Labute approximate surface area is 162 Å². The Hall–Kier alpha value is -2.70. The maximum atomic E-state index is 5.83. The van der Waals surface area contributed by atoms with E-state index in [0.29, 0.717) is 11.7 Å². The van der Waals surface area contributed by atoms with E-state index in [4.69, 9.17) is 8.94 Å². The Morgan fingerprint density at radius 2 is 2.07 bits per heavy atom. The quantitative estimate of drug-likeness (QED) is 0.559. The lowest BCUT2D eigenvalue weighted by atomic mass is 9.95. The van der Waals surface area contributed by atoms with Gasteiger partial charge in [0, 0.05) is 29.4 Å². The van der Waals surface area contributed by atoms with Gasteiger partial charge in [-0.1, -0.05) is 17.3 Å². The van der Waals surface area contributed by atoms with E-state index in [1.54, 1.807) is 0 Å². The average Bonchev–Trinajstić information content (AvgIpc) is 3.27. The molecular formula is C20H19ClN4O2. The van der Waals surface area contributed by atoms with Crippen LogP contribution >= 0.6 is 12.4 Å². The first-order chi connectivity index (χ1) is 12.7. The highest BCUT2D eigenvalue weighted by atomic mass is 35.5. The zero-order valence-electron chi connectivity index (χ0n) is 15.1. The molecule has 4 heterocycles. The van der Waals surface area contributed by atoms with Crippen LogP contribution in [-0.2, 0) is 13.0 Å². The van der Waals surface area contributed by atoms with Crippen molar-refractivity contribution in [3.8, 4) is 22.8 Å². The van der Waals surface area contributed by atoms with Crippen LogP contribution in [0.2, 0.25) is 0 Å². The van der Waals surface area contributed by atoms with E-state index in [9.17, 15) is 0 Å².